The predicted octanol–water partition coefficient (Wildman–Crippen LogP) is 16.3. The van der Waals surface area contributed by atoms with Crippen LogP contribution in [-0.2, 0) is 14.3 Å². The van der Waals surface area contributed by atoms with Crippen LogP contribution in [-0.4, -0.2) is 18.4 Å². The van der Waals surface area contributed by atoms with Crippen LogP contribution in [0.3, 0.4) is 0 Å². The van der Waals surface area contributed by atoms with Crippen LogP contribution in [0.15, 0.2) is 12.2 Å². The molecule has 3 nitrogen and oxygen atoms in total. The first-order valence-corrected chi connectivity index (χ1v) is 23.0. The van der Waals surface area contributed by atoms with Crippen molar-refractivity contribution in [3.8, 4) is 0 Å². The normalized spacial score (nSPS) is 11.3. The molecule has 0 fully saturated rings. The van der Waals surface area contributed by atoms with Crippen LogP contribution in [0.5, 0.6) is 0 Å². The lowest BCUT2D eigenvalue weighted by molar-refractivity contribution is -0.140. The topological polar surface area (TPSA) is 43.4 Å². The molecule has 0 aromatic heterocycles. The first kappa shape index (κ1) is 48.9. The van der Waals surface area contributed by atoms with Crippen molar-refractivity contribution in [1.82, 2.24) is 0 Å². The fraction of sp³-hybridized carbons (Fsp3) is 0.915. The van der Waals surface area contributed by atoms with Gasteiger partial charge in [0.15, 0.2) is 5.78 Å². The van der Waals surface area contributed by atoms with Gasteiger partial charge in [-0.15, -0.1) is 0 Å². The first-order valence-electron chi connectivity index (χ1n) is 23.0. The average molecular weight is 703 g/mol. The number of carbonyl (C=O) groups is 2. The van der Waals surface area contributed by atoms with E-state index in [4.69, 9.17) is 4.74 Å². The highest BCUT2D eigenvalue weighted by molar-refractivity contribution is 6.16. The second-order valence-corrected chi connectivity index (χ2v) is 15.9. The molecule has 3 heteroatoms. The third-order valence-corrected chi connectivity index (χ3v) is 10.8. The quantitative estimate of drug-likeness (QED) is 0.0209. The maximum absolute atomic E-state index is 12.4. The van der Waals surface area contributed by atoms with E-state index in [2.05, 4.69) is 20.4 Å². The van der Waals surface area contributed by atoms with Crippen LogP contribution in [0, 0.1) is 0 Å². The summed E-state index contributed by atoms with van der Waals surface area (Å²) in [7, 11) is 0. The van der Waals surface area contributed by atoms with Crippen molar-refractivity contribution < 1.29 is 14.3 Å². The van der Waals surface area contributed by atoms with Crippen LogP contribution in [0.1, 0.15) is 271 Å². The van der Waals surface area contributed by atoms with Crippen LogP contribution in [0.4, 0.5) is 0 Å². The van der Waals surface area contributed by atoms with E-state index in [1.807, 2.05) is 0 Å². The minimum absolute atomic E-state index is 0.0422. The lowest BCUT2D eigenvalue weighted by Gasteiger charge is -2.07. The third kappa shape index (κ3) is 38.1. The van der Waals surface area contributed by atoms with Crippen molar-refractivity contribution in [2.24, 2.45) is 0 Å². The van der Waals surface area contributed by atoms with E-state index in [0.29, 0.717) is 13.0 Å². The third-order valence-electron chi connectivity index (χ3n) is 10.8. The molecule has 0 aromatic rings. The summed E-state index contributed by atoms with van der Waals surface area (Å²) >= 11 is 0. The Morgan fingerprint density at radius 2 is 0.560 bits per heavy atom. The summed E-state index contributed by atoms with van der Waals surface area (Å²) in [6.07, 6.45) is 52.9. The lowest BCUT2D eigenvalue weighted by atomic mass is 10.0. The Morgan fingerprint density at radius 3 is 0.820 bits per heavy atom. The van der Waals surface area contributed by atoms with Crippen LogP contribution in [0.25, 0.3) is 0 Å². The molecule has 0 saturated heterocycles. The van der Waals surface area contributed by atoms with Gasteiger partial charge in [0.05, 0.1) is 12.2 Å². The molecule has 0 bridgehead atoms. The van der Waals surface area contributed by atoms with Gasteiger partial charge in [0.2, 0.25) is 0 Å². The predicted molar refractivity (Wildman–Crippen MR) is 221 cm³/mol. The molecule has 0 aliphatic carbocycles. The molecule has 0 amide bonds. The zero-order valence-electron chi connectivity index (χ0n) is 34.4. The number of carbonyl (C=O) groups excluding carboxylic acids is 2. The fourth-order valence-electron chi connectivity index (χ4n) is 7.24. The smallest absolute Gasteiger partial charge is 0.341 e. The number of Topliss-reactive ketones (excluding diaryl/α,β-unsaturated/α-hetero) is 1. The molecule has 0 aliphatic heterocycles. The second-order valence-electron chi connectivity index (χ2n) is 15.9. The number of ether oxygens (including phenoxy) is 1. The number of unbranched alkanes of at least 4 members (excludes halogenated alkanes) is 37. The number of hydrogen-bond donors (Lipinski definition) is 0. The molecule has 0 heterocycles. The molecule has 0 aromatic carbocycles. The second kappa shape index (κ2) is 42.3. The van der Waals surface area contributed by atoms with E-state index in [9.17, 15) is 9.59 Å². The zero-order chi connectivity index (χ0) is 36.4. The van der Waals surface area contributed by atoms with Crippen LogP contribution in [0.2, 0.25) is 0 Å². The van der Waals surface area contributed by atoms with Crippen LogP contribution < -0.4 is 0 Å². The largest absolute Gasteiger partial charge is 0.462 e. The Balaban J connectivity index is 3.36. The highest BCUT2D eigenvalue weighted by Crippen LogP contribution is 2.17. The molecule has 0 rings (SSSR count). The molecule has 0 aliphatic rings. The lowest BCUT2D eigenvalue weighted by Crippen LogP contribution is -2.15. The summed E-state index contributed by atoms with van der Waals surface area (Å²) in [6.45, 7) is 8.72. The molecule has 0 atom stereocenters. The Morgan fingerprint density at radius 1 is 0.340 bits per heavy atom. The maximum atomic E-state index is 12.4. The van der Waals surface area contributed by atoms with Gasteiger partial charge in [0.25, 0.3) is 0 Å². The van der Waals surface area contributed by atoms with Crippen molar-refractivity contribution in [3.63, 3.8) is 0 Å². The van der Waals surface area contributed by atoms with Crippen molar-refractivity contribution in [1.29, 1.82) is 0 Å². The highest BCUT2D eigenvalue weighted by atomic mass is 16.5. The summed E-state index contributed by atoms with van der Waals surface area (Å²) in [4.78, 5) is 24.6. The monoisotopic (exact) mass is 703 g/mol. The van der Waals surface area contributed by atoms with E-state index < -0.39 is 5.97 Å². The average Bonchev–Trinajstić information content (AvgIpc) is 3.12. The van der Waals surface area contributed by atoms with E-state index in [1.165, 1.54) is 225 Å². The highest BCUT2D eigenvalue weighted by Gasteiger charge is 2.16. The molecule has 0 unspecified atom stereocenters. The van der Waals surface area contributed by atoms with E-state index >= 15 is 0 Å². The van der Waals surface area contributed by atoms with Crippen molar-refractivity contribution in [2.75, 3.05) is 6.61 Å². The molecule has 296 valence electrons. The van der Waals surface area contributed by atoms with Gasteiger partial charge in [0, 0.05) is 6.42 Å². The first-order chi connectivity index (χ1) is 24.6. The van der Waals surface area contributed by atoms with E-state index in [1.54, 1.807) is 0 Å². The number of esters is 1. The van der Waals surface area contributed by atoms with Gasteiger partial charge < -0.3 is 4.74 Å². The summed E-state index contributed by atoms with van der Waals surface area (Å²) in [6, 6.07) is 0. The fourth-order valence-corrected chi connectivity index (χ4v) is 7.24. The zero-order valence-corrected chi connectivity index (χ0v) is 34.4. The van der Waals surface area contributed by atoms with Gasteiger partial charge in [-0.05, 0) is 12.8 Å². The van der Waals surface area contributed by atoms with Crippen molar-refractivity contribution in [3.05, 3.63) is 12.2 Å². The molecule has 0 spiro atoms. The van der Waals surface area contributed by atoms with Crippen LogP contribution >= 0.6 is 0 Å². The van der Waals surface area contributed by atoms with Gasteiger partial charge in [-0.1, -0.05) is 258 Å². The van der Waals surface area contributed by atoms with Gasteiger partial charge in [-0.3, -0.25) is 4.79 Å². The Hall–Kier alpha value is -1.12. The Kier molecular flexibility index (Phi) is 41.3. The Labute approximate surface area is 314 Å². The molecule has 0 saturated carbocycles. The van der Waals surface area contributed by atoms with Gasteiger partial charge in [0.1, 0.15) is 0 Å². The molecular weight excluding hydrogens is 613 g/mol. The molecular formula is C47H90O3. The SMILES string of the molecule is C=C(C(=O)CCCCCCCCCCCCCCCCCCCCC)C(=O)OCCCCCCCCCCCCCCCCCCCCCC. The van der Waals surface area contributed by atoms with Crippen molar-refractivity contribution in [2.45, 2.75) is 271 Å². The van der Waals surface area contributed by atoms with Gasteiger partial charge >= 0.3 is 5.97 Å². The minimum atomic E-state index is -0.509. The summed E-state index contributed by atoms with van der Waals surface area (Å²) in [5.74, 6) is -0.643. The molecule has 0 radical (unpaired) electrons. The number of ketones is 1. The van der Waals surface area contributed by atoms with Gasteiger partial charge in [-0.25, -0.2) is 4.79 Å². The maximum Gasteiger partial charge on any atom is 0.341 e. The standard InChI is InChI=1S/C47H90O3/c1-4-6-8-10-12-14-16-18-20-22-24-26-28-30-32-34-36-38-40-42-44-50-47(49)45(3)46(48)43-41-39-37-35-33-31-29-27-25-23-21-19-17-15-13-11-9-7-5-2/h3-44H2,1-2H3. The number of rotatable bonds is 43. The van der Waals surface area contributed by atoms with Gasteiger partial charge in [-0.2, -0.15) is 0 Å². The van der Waals surface area contributed by atoms with Crippen molar-refractivity contribution >= 4 is 11.8 Å². The molecule has 50 heavy (non-hydrogen) atoms. The summed E-state index contributed by atoms with van der Waals surface area (Å²) in [5, 5.41) is 0. The summed E-state index contributed by atoms with van der Waals surface area (Å²) < 4.78 is 5.35. The molecule has 0 N–H and O–H groups in total. The van der Waals surface area contributed by atoms with E-state index in [0.717, 1.165) is 25.7 Å². The Bertz CT molecular complexity index is 713. The van der Waals surface area contributed by atoms with E-state index in [-0.39, 0.29) is 11.4 Å². The minimum Gasteiger partial charge on any atom is -0.462 e. The number of hydrogen-bond acceptors (Lipinski definition) is 3. The summed E-state index contributed by atoms with van der Waals surface area (Å²) in [5.41, 5.74) is 0.0422.